The molecule has 0 saturated carbocycles. The number of ether oxygens (including phenoxy) is 1. The monoisotopic (exact) mass is 174 g/mol. The second-order valence-electron chi connectivity index (χ2n) is 1.99. The minimum Gasteiger partial charge on any atom is -0.392 e. The third kappa shape index (κ3) is 7.43. The van der Waals surface area contributed by atoms with Crippen molar-refractivity contribution in [2.75, 3.05) is 19.8 Å². The van der Waals surface area contributed by atoms with E-state index in [1.165, 1.54) is 18.2 Å². The highest BCUT2D eigenvalue weighted by molar-refractivity contribution is 4.85. The fraction of sp³-hybridized carbons (Fsp3) is 0.500. The normalized spacial score (nSPS) is 14.6. The van der Waals surface area contributed by atoms with Gasteiger partial charge in [0, 0.05) is 0 Å². The second kappa shape index (κ2) is 8.42. The maximum atomic E-state index is 8.96. The molecule has 0 aromatic heterocycles. The van der Waals surface area contributed by atoms with E-state index in [0.29, 0.717) is 0 Å². The van der Waals surface area contributed by atoms with Crippen molar-refractivity contribution >= 4 is 0 Å². The Morgan fingerprint density at radius 1 is 1.08 bits per heavy atom. The SMILES string of the molecule is OCC=CCOC(O)C=CCO. The molecule has 0 rings (SSSR count). The number of hydrogen-bond acceptors (Lipinski definition) is 4. The summed E-state index contributed by atoms with van der Waals surface area (Å²) < 4.78 is 4.81. The van der Waals surface area contributed by atoms with E-state index in [2.05, 4.69) is 0 Å². The summed E-state index contributed by atoms with van der Waals surface area (Å²) in [7, 11) is 0. The summed E-state index contributed by atoms with van der Waals surface area (Å²) in [5.41, 5.74) is 0. The van der Waals surface area contributed by atoms with Crippen LogP contribution in [0.1, 0.15) is 0 Å². The lowest BCUT2D eigenvalue weighted by atomic mass is 10.5. The number of hydrogen-bond donors (Lipinski definition) is 3. The number of aliphatic hydroxyl groups is 3. The van der Waals surface area contributed by atoms with Gasteiger partial charge in [0.25, 0.3) is 0 Å². The van der Waals surface area contributed by atoms with Crippen LogP contribution in [0, 0.1) is 0 Å². The van der Waals surface area contributed by atoms with Gasteiger partial charge in [0.2, 0.25) is 0 Å². The van der Waals surface area contributed by atoms with Crippen LogP contribution < -0.4 is 0 Å². The van der Waals surface area contributed by atoms with E-state index in [1.807, 2.05) is 0 Å². The van der Waals surface area contributed by atoms with E-state index < -0.39 is 6.29 Å². The molecule has 1 atom stereocenters. The smallest absolute Gasteiger partial charge is 0.174 e. The van der Waals surface area contributed by atoms with Crippen molar-refractivity contribution in [3.8, 4) is 0 Å². The van der Waals surface area contributed by atoms with Crippen molar-refractivity contribution in [2.24, 2.45) is 0 Å². The van der Waals surface area contributed by atoms with Crippen LogP contribution in [-0.4, -0.2) is 41.4 Å². The molecular weight excluding hydrogens is 160 g/mol. The first-order valence-electron chi connectivity index (χ1n) is 3.64. The number of rotatable bonds is 6. The Morgan fingerprint density at radius 2 is 1.75 bits per heavy atom. The van der Waals surface area contributed by atoms with E-state index in [-0.39, 0.29) is 19.8 Å². The molecule has 0 fully saturated rings. The first kappa shape index (κ1) is 11.3. The van der Waals surface area contributed by atoms with Gasteiger partial charge in [0.1, 0.15) is 0 Å². The molecule has 0 aromatic carbocycles. The van der Waals surface area contributed by atoms with E-state index in [4.69, 9.17) is 20.1 Å². The summed E-state index contributed by atoms with van der Waals surface area (Å²) >= 11 is 0. The Labute approximate surface area is 71.4 Å². The molecule has 0 saturated heterocycles. The highest BCUT2D eigenvalue weighted by Gasteiger charge is 1.93. The van der Waals surface area contributed by atoms with Crippen LogP contribution >= 0.6 is 0 Å². The zero-order valence-corrected chi connectivity index (χ0v) is 6.76. The average molecular weight is 174 g/mol. The topological polar surface area (TPSA) is 69.9 Å². The second-order valence-corrected chi connectivity index (χ2v) is 1.99. The van der Waals surface area contributed by atoms with Gasteiger partial charge in [0.15, 0.2) is 6.29 Å². The van der Waals surface area contributed by atoms with Gasteiger partial charge in [-0.3, -0.25) is 0 Å². The Hall–Kier alpha value is -0.680. The largest absolute Gasteiger partial charge is 0.392 e. The van der Waals surface area contributed by atoms with E-state index in [0.717, 1.165) is 0 Å². The standard InChI is InChI=1S/C8H14O4/c9-5-1-2-7-12-8(11)4-3-6-10/h1-4,8-11H,5-7H2. The zero-order valence-electron chi connectivity index (χ0n) is 6.76. The van der Waals surface area contributed by atoms with Crippen molar-refractivity contribution in [3.63, 3.8) is 0 Å². The molecule has 4 nitrogen and oxygen atoms in total. The van der Waals surface area contributed by atoms with Gasteiger partial charge in [-0.15, -0.1) is 0 Å². The van der Waals surface area contributed by atoms with E-state index in [1.54, 1.807) is 6.08 Å². The van der Waals surface area contributed by atoms with Gasteiger partial charge in [-0.1, -0.05) is 18.2 Å². The van der Waals surface area contributed by atoms with Crippen LogP contribution in [0.3, 0.4) is 0 Å². The molecule has 0 aliphatic heterocycles. The van der Waals surface area contributed by atoms with Gasteiger partial charge in [-0.05, 0) is 6.08 Å². The molecule has 70 valence electrons. The molecule has 0 aliphatic carbocycles. The summed E-state index contributed by atoms with van der Waals surface area (Å²) in [6, 6.07) is 0. The Bertz CT molecular complexity index is 142. The van der Waals surface area contributed by atoms with Gasteiger partial charge in [-0.25, -0.2) is 0 Å². The third-order valence-corrected chi connectivity index (χ3v) is 1.04. The molecule has 0 aliphatic rings. The minimum absolute atomic E-state index is 0.0358. The predicted octanol–water partition coefficient (Wildman–Crippen LogP) is -0.582. The van der Waals surface area contributed by atoms with Gasteiger partial charge in [0.05, 0.1) is 19.8 Å². The molecule has 1 unspecified atom stereocenters. The lowest BCUT2D eigenvalue weighted by Gasteiger charge is -2.03. The van der Waals surface area contributed by atoms with Crippen LogP contribution in [0.25, 0.3) is 0 Å². The summed E-state index contributed by atoms with van der Waals surface area (Å²) in [5.74, 6) is 0. The average Bonchev–Trinajstić information content (AvgIpc) is 2.09. The summed E-state index contributed by atoms with van der Waals surface area (Å²) in [4.78, 5) is 0. The quantitative estimate of drug-likeness (QED) is 0.372. The Balaban J connectivity index is 3.37. The lowest BCUT2D eigenvalue weighted by Crippen LogP contribution is -2.08. The van der Waals surface area contributed by atoms with Crippen molar-refractivity contribution < 1.29 is 20.1 Å². The first-order chi connectivity index (χ1) is 5.81. The van der Waals surface area contributed by atoms with Crippen molar-refractivity contribution in [3.05, 3.63) is 24.3 Å². The van der Waals surface area contributed by atoms with E-state index >= 15 is 0 Å². The molecule has 0 bridgehead atoms. The van der Waals surface area contributed by atoms with Crippen molar-refractivity contribution in [1.29, 1.82) is 0 Å². The third-order valence-electron chi connectivity index (χ3n) is 1.04. The van der Waals surface area contributed by atoms with Crippen LogP contribution in [0.5, 0.6) is 0 Å². The molecule has 0 amide bonds. The Kier molecular flexibility index (Phi) is 7.94. The fourth-order valence-corrected chi connectivity index (χ4v) is 0.530. The molecule has 0 aromatic rings. The lowest BCUT2D eigenvalue weighted by molar-refractivity contribution is -0.0526. The molecular formula is C8H14O4. The Morgan fingerprint density at radius 3 is 2.33 bits per heavy atom. The summed E-state index contributed by atoms with van der Waals surface area (Å²) in [5, 5.41) is 25.6. The highest BCUT2D eigenvalue weighted by atomic mass is 16.6. The molecule has 0 spiro atoms. The first-order valence-corrected chi connectivity index (χ1v) is 3.64. The van der Waals surface area contributed by atoms with Gasteiger partial charge in [-0.2, -0.15) is 0 Å². The van der Waals surface area contributed by atoms with Crippen LogP contribution in [0.15, 0.2) is 24.3 Å². The number of aliphatic hydroxyl groups excluding tert-OH is 3. The maximum absolute atomic E-state index is 8.96. The van der Waals surface area contributed by atoms with Crippen LogP contribution in [0.2, 0.25) is 0 Å². The summed E-state index contributed by atoms with van der Waals surface area (Å²) in [6.45, 7) is 0.0797. The molecule has 4 heteroatoms. The fourth-order valence-electron chi connectivity index (χ4n) is 0.530. The zero-order chi connectivity index (χ0) is 9.23. The molecule has 3 N–H and O–H groups in total. The highest BCUT2D eigenvalue weighted by Crippen LogP contribution is 1.89. The molecule has 0 radical (unpaired) electrons. The predicted molar refractivity (Wildman–Crippen MR) is 44.4 cm³/mol. The maximum Gasteiger partial charge on any atom is 0.174 e. The van der Waals surface area contributed by atoms with Crippen molar-refractivity contribution in [1.82, 2.24) is 0 Å². The summed E-state index contributed by atoms with van der Waals surface area (Å²) in [6.07, 6.45) is 4.84. The van der Waals surface area contributed by atoms with E-state index in [9.17, 15) is 0 Å². The van der Waals surface area contributed by atoms with Gasteiger partial charge < -0.3 is 20.1 Å². The van der Waals surface area contributed by atoms with Gasteiger partial charge >= 0.3 is 0 Å². The van der Waals surface area contributed by atoms with Crippen LogP contribution in [-0.2, 0) is 4.74 Å². The minimum atomic E-state index is -1.000. The molecule has 0 heterocycles. The van der Waals surface area contributed by atoms with Crippen molar-refractivity contribution in [2.45, 2.75) is 6.29 Å². The van der Waals surface area contributed by atoms with Crippen LogP contribution in [0.4, 0.5) is 0 Å². The molecule has 12 heavy (non-hydrogen) atoms.